The second-order valence-electron chi connectivity index (χ2n) is 5.51. The molecule has 7 N–H and O–H groups in total. The van der Waals surface area contributed by atoms with Crippen LogP contribution in [0.4, 0.5) is 0 Å². The minimum atomic E-state index is -1.94. The van der Waals surface area contributed by atoms with Gasteiger partial charge in [-0.1, -0.05) is 0 Å². The van der Waals surface area contributed by atoms with Crippen molar-refractivity contribution in [3.05, 3.63) is 11.8 Å². The molecular weight excluding hydrogens is 358 g/mol. The van der Waals surface area contributed by atoms with Crippen molar-refractivity contribution in [2.24, 2.45) is 0 Å². The lowest BCUT2D eigenvalue weighted by Gasteiger charge is -2.37. The molecule has 12 nitrogen and oxygen atoms in total. The summed E-state index contributed by atoms with van der Waals surface area (Å²) in [7, 11) is 0. The summed E-state index contributed by atoms with van der Waals surface area (Å²) < 4.78 is 10.1. The Morgan fingerprint density at radius 3 is 2.46 bits per heavy atom. The van der Waals surface area contributed by atoms with E-state index in [1.165, 1.54) is 0 Å². The van der Waals surface area contributed by atoms with Crippen molar-refractivity contribution in [3.8, 4) is 0 Å². The minimum Gasteiger partial charge on any atom is -0.475 e. The Hall–Kier alpha value is -2.09. The summed E-state index contributed by atoms with van der Waals surface area (Å²) >= 11 is 0. The number of rotatable bonds is 9. The van der Waals surface area contributed by atoms with E-state index in [0.717, 1.165) is 6.92 Å². The highest BCUT2D eigenvalue weighted by molar-refractivity contribution is 5.84. The van der Waals surface area contributed by atoms with E-state index in [1.807, 2.05) is 0 Å². The van der Waals surface area contributed by atoms with Crippen LogP contribution in [0.1, 0.15) is 6.92 Å². The Kier molecular flexibility index (Phi) is 8.08. The first-order valence-electron chi connectivity index (χ1n) is 7.45. The van der Waals surface area contributed by atoms with Crippen molar-refractivity contribution in [2.75, 3.05) is 6.61 Å². The van der Waals surface area contributed by atoms with Crippen LogP contribution in [0.25, 0.3) is 0 Å². The van der Waals surface area contributed by atoms with Crippen molar-refractivity contribution >= 4 is 18.2 Å². The number of carboxylic acid groups (broad SMARTS) is 1. The average Bonchev–Trinajstić information content (AvgIpc) is 2.59. The smallest absolute Gasteiger partial charge is 0.371 e. The standard InChI is InChI=1S/C14H21NO11/c1-5(18)15-6(3-16)12(10(21)8(20)4-17)26-14-11(22)7(19)2-9(25-14)13(23)24/h2-3,6-8,10-12,14,17,19-22H,4H2,1H3,(H,15,18)(H,23,24)/t6-,7+,8-,10-,11+,12+,14+/m1/s1. The molecule has 26 heavy (non-hydrogen) atoms. The van der Waals surface area contributed by atoms with Crippen molar-refractivity contribution in [1.29, 1.82) is 0 Å². The van der Waals surface area contributed by atoms with E-state index in [-0.39, 0.29) is 6.29 Å². The minimum absolute atomic E-state index is 0.166. The van der Waals surface area contributed by atoms with Crippen LogP contribution in [0.2, 0.25) is 0 Å². The summed E-state index contributed by atoms with van der Waals surface area (Å²) in [6.07, 6.45) is -9.96. The SMILES string of the molecule is CC(=O)N[C@H](C=O)[C@H](O[C@@H]1OC(C(=O)O)=C[C@H](O)[C@@H]1O)[C@H](O)[C@H](O)CO. The maximum atomic E-state index is 11.2. The van der Waals surface area contributed by atoms with Crippen LogP contribution in [-0.4, -0.2) is 98.3 Å². The van der Waals surface area contributed by atoms with E-state index >= 15 is 0 Å². The summed E-state index contributed by atoms with van der Waals surface area (Å²) in [5.74, 6) is -3.03. The zero-order valence-electron chi connectivity index (χ0n) is 13.6. The molecule has 0 saturated heterocycles. The van der Waals surface area contributed by atoms with Gasteiger partial charge < -0.3 is 50.2 Å². The molecule has 12 heteroatoms. The van der Waals surface area contributed by atoms with Crippen LogP contribution in [0.15, 0.2) is 11.8 Å². The number of carbonyl (C=O) groups excluding carboxylic acids is 2. The van der Waals surface area contributed by atoms with Crippen LogP contribution in [0.3, 0.4) is 0 Å². The molecule has 0 radical (unpaired) electrons. The number of carbonyl (C=O) groups is 3. The van der Waals surface area contributed by atoms with Crippen molar-refractivity contribution in [3.63, 3.8) is 0 Å². The van der Waals surface area contributed by atoms with Gasteiger partial charge in [0, 0.05) is 6.92 Å². The summed E-state index contributed by atoms with van der Waals surface area (Å²) in [6, 6.07) is -1.55. The van der Waals surface area contributed by atoms with Crippen LogP contribution in [0.5, 0.6) is 0 Å². The van der Waals surface area contributed by atoms with Crippen molar-refractivity contribution in [2.45, 2.75) is 49.8 Å². The Balaban J connectivity index is 3.10. The predicted molar refractivity (Wildman–Crippen MR) is 80.2 cm³/mol. The van der Waals surface area contributed by atoms with Gasteiger partial charge in [0.05, 0.1) is 6.61 Å². The molecule has 7 atom stereocenters. The second-order valence-corrected chi connectivity index (χ2v) is 5.51. The molecule has 148 valence electrons. The average molecular weight is 379 g/mol. The van der Waals surface area contributed by atoms with Gasteiger partial charge in [0.2, 0.25) is 18.0 Å². The Morgan fingerprint density at radius 1 is 1.38 bits per heavy atom. The van der Waals surface area contributed by atoms with E-state index in [9.17, 15) is 34.8 Å². The largest absolute Gasteiger partial charge is 0.475 e. The number of aliphatic hydroxyl groups is 5. The summed E-state index contributed by atoms with van der Waals surface area (Å²) in [5, 5.41) is 59.2. The lowest BCUT2D eigenvalue weighted by atomic mass is 10.0. The number of ether oxygens (including phenoxy) is 2. The van der Waals surface area contributed by atoms with Gasteiger partial charge >= 0.3 is 5.97 Å². The van der Waals surface area contributed by atoms with Gasteiger partial charge in [0.25, 0.3) is 0 Å². The highest BCUT2D eigenvalue weighted by Crippen LogP contribution is 2.23. The van der Waals surface area contributed by atoms with E-state index in [4.69, 9.17) is 19.7 Å². The fraction of sp³-hybridized carbons (Fsp3) is 0.643. The highest BCUT2D eigenvalue weighted by Gasteiger charge is 2.42. The summed E-state index contributed by atoms with van der Waals surface area (Å²) in [4.78, 5) is 33.4. The number of hydrogen-bond donors (Lipinski definition) is 7. The third-order valence-corrected chi connectivity index (χ3v) is 3.48. The summed E-state index contributed by atoms with van der Waals surface area (Å²) in [6.45, 7) is 0.132. The van der Waals surface area contributed by atoms with Gasteiger partial charge in [-0.25, -0.2) is 4.79 Å². The van der Waals surface area contributed by atoms with E-state index < -0.39 is 67.1 Å². The molecule has 1 amide bonds. The number of hydrogen-bond acceptors (Lipinski definition) is 10. The molecule has 1 aliphatic rings. The van der Waals surface area contributed by atoms with Gasteiger partial charge in [-0.15, -0.1) is 0 Å². The first-order valence-corrected chi connectivity index (χ1v) is 7.45. The number of aldehydes is 1. The Morgan fingerprint density at radius 2 is 2.00 bits per heavy atom. The van der Waals surface area contributed by atoms with E-state index in [2.05, 4.69) is 5.32 Å². The normalized spacial score (nSPS) is 27.3. The fourth-order valence-corrected chi connectivity index (χ4v) is 2.17. The number of aliphatic hydroxyl groups excluding tert-OH is 5. The lowest BCUT2D eigenvalue weighted by molar-refractivity contribution is -0.248. The van der Waals surface area contributed by atoms with Crippen molar-refractivity contribution in [1.82, 2.24) is 5.32 Å². The third kappa shape index (κ3) is 5.45. The van der Waals surface area contributed by atoms with E-state index in [0.29, 0.717) is 6.08 Å². The molecule has 0 aliphatic carbocycles. The predicted octanol–water partition coefficient (Wildman–Crippen LogP) is -4.16. The number of amides is 1. The zero-order chi connectivity index (χ0) is 20.0. The molecule has 0 unspecified atom stereocenters. The third-order valence-electron chi connectivity index (χ3n) is 3.48. The maximum Gasteiger partial charge on any atom is 0.371 e. The molecular formula is C14H21NO11. The molecule has 0 aromatic rings. The maximum absolute atomic E-state index is 11.2. The molecule has 0 bridgehead atoms. The first kappa shape index (κ1) is 22.0. The van der Waals surface area contributed by atoms with Gasteiger partial charge in [-0.2, -0.15) is 0 Å². The second kappa shape index (κ2) is 9.56. The van der Waals surface area contributed by atoms with Crippen molar-refractivity contribution < 1.29 is 54.5 Å². The molecule has 1 rings (SSSR count). The van der Waals surface area contributed by atoms with Gasteiger partial charge in [0.15, 0.2) is 0 Å². The van der Waals surface area contributed by atoms with Crippen LogP contribution < -0.4 is 5.32 Å². The number of carboxylic acids is 1. The topological polar surface area (TPSA) is 203 Å². The number of aliphatic carboxylic acids is 1. The van der Waals surface area contributed by atoms with Crippen LogP contribution >= 0.6 is 0 Å². The molecule has 0 fully saturated rings. The lowest BCUT2D eigenvalue weighted by Crippen LogP contribution is -2.57. The first-order chi connectivity index (χ1) is 12.1. The fourth-order valence-electron chi connectivity index (χ4n) is 2.17. The van der Waals surface area contributed by atoms with Crippen LogP contribution in [-0.2, 0) is 23.9 Å². The zero-order valence-corrected chi connectivity index (χ0v) is 13.6. The molecule has 1 heterocycles. The van der Waals surface area contributed by atoms with Gasteiger partial charge in [0.1, 0.15) is 42.8 Å². The van der Waals surface area contributed by atoms with Crippen LogP contribution in [0, 0.1) is 0 Å². The Labute approximate surface area is 147 Å². The Bertz CT molecular complexity index is 551. The quantitative estimate of drug-likeness (QED) is 0.191. The molecule has 0 aromatic heterocycles. The summed E-state index contributed by atoms with van der Waals surface area (Å²) in [5.41, 5.74) is 0. The number of nitrogens with one attached hydrogen (secondary N) is 1. The van der Waals surface area contributed by atoms with Gasteiger partial charge in [-0.3, -0.25) is 4.79 Å². The molecule has 1 aliphatic heterocycles. The molecule has 0 spiro atoms. The van der Waals surface area contributed by atoms with E-state index in [1.54, 1.807) is 0 Å². The monoisotopic (exact) mass is 379 g/mol. The van der Waals surface area contributed by atoms with Gasteiger partial charge in [-0.05, 0) is 6.08 Å². The molecule has 0 saturated carbocycles. The highest BCUT2D eigenvalue weighted by atomic mass is 16.7. The molecule has 0 aromatic carbocycles.